The predicted molar refractivity (Wildman–Crippen MR) is 99.4 cm³/mol. The van der Waals surface area contributed by atoms with Gasteiger partial charge in [0.2, 0.25) is 0 Å². The van der Waals surface area contributed by atoms with Crippen LogP contribution in [0, 0.1) is 11.3 Å². The monoisotopic (exact) mass is 350 g/mol. The van der Waals surface area contributed by atoms with Crippen LogP contribution in [0.25, 0.3) is 0 Å². The Morgan fingerprint density at radius 3 is 2.62 bits per heavy atom. The highest BCUT2D eigenvalue weighted by Gasteiger charge is 2.33. The Labute approximate surface area is 153 Å². The maximum Gasteiger partial charge on any atom is 0.414 e. The lowest BCUT2D eigenvalue weighted by molar-refractivity contribution is 0.105. The number of amides is 1. The molecule has 0 bridgehead atoms. The molecule has 0 saturated carbocycles. The molecule has 1 heterocycles. The highest BCUT2D eigenvalue weighted by atomic mass is 16.6. The molecule has 26 heavy (non-hydrogen) atoms. The molecule has 5 heteroatoms. The number of cyclic esters (lactones) is 1. The van der Waals surface area contributed by atoms with E-state index < -0.39 is 6.09 Å². The Kier molecular flexibility index (Phi) is 4.85. The van der Waals surface area contributed by atoms with Crippen molar-refractivity contribution in [3.63, 3.8) is 0 Å². The third kappa shape index (κ3) is 3.97. The number of hydrogen-bond donors (Lipinski definition) is 0. The number of anilines is 1. The Bertz CT molecular complexity index is 832. The number of nitriles is 1. The van der Waals surface area contributed by atoms with Gasteiger partial charge in [-0.1, -0.05) is 39.0 Å². The van der Waals surface area contributed by atoms with Crippen LogP contribution in [0.5, 0.6) is 5.75 Å². The second kappa shape index (κ2) is 7.09. The van der Waals surface area contributed by atoms with E-state index in [4.69, 9.17) is 14.7 Å². The van der Waals surface area contributed by atoms with Crippen LogP contribution in [-0.4, -0.2) is 25.3 Å². The summed E-state index contributed by atoms with van der Waals surface area (Å²) in [6.45, 7) is 7.17. The van der Waals surface area contributed by atoms with Gasteiger partial charge in [0.05, 0.1) is 18.2 Å². The average molecular weight is 350 g/mol. The summed E-state index contributed by atoms with van der Waals surface area (Å²) in [5, 5.41) is 9.00. The van der Waals surface area contributed by atoms with E-state index in [-0.39, 0.29) is 18.1 Å². The fraction of sp³-hybridized carbons (Fsp3) is 0.333. The zero-order valence-corrected chi connectivity index (χ0v) is 15.2. The lowest BCUT2D eigenvalue weighted by Crippen LogP contribution is -2.26. The van der Waals surface area contributed by atoms with Gasteiger partial charge in [0, 0.05) is 5.69 Å². The summed E-state index contributed by atoms with van der Waals surface area (Å²) in [6, 6.07) is 17.0. The van der Waals surface area contributed by atoms with E-state index in [0.717, 1.165) is 5.75 Å². The molecule has 0 spiro atoms. The molecule has 0 aromatic heterocycles. The minimum atomic E-state index is -0.420. The molecule has 3 rings (SSSR count). The molecule has 0 unspecified atom stereocenters. The summed E-state index contributed by atoms with van der Waals surface area (Å²) in [5.41, 5.74) is 2.50. The van der Waals surface area contributed by atoms with Crippen molar-refractivity contribution in [3.05, 3.63) is 59.7 Å². The van der Waals surface area contributed by atoms with Crippen molar-refractivity contribution in [2.45, 2.75) is 32.3 Å². The predicted octanol–water partition coefficient (Wildman–Crippen LogP) is 4.26. The zero-order valence-electron chi connectivity index (χ0n) is 15.2. The van der Waals surface area contributed by atoms with Crippen LogP contribution in [-0.2, 0) is 10.2 Å². The Hall–Kier alpha value is -3.00. The van der Waals surface area contributed by atoms with E-state index in [1.54, 1.807) is 24.3 Å². The number of carbonyl (C=O) groups is 1. The van der Waals surface area contributed by atoms with E-state index in [0.29, 0.717) is 17.8 Å². The van der Waals surface area contributed by atoms with Gasteiger partial charge >= 0.3 is 6.09 Å². The summed E-state index contributed by atoms with van der Waals surface area (Å²) < 4.78 is 11.2. The minimum absolute atomic E-state index is 0.0952. The quantitative estimate of drug-likeness (QED) is 0.826. The van der Waals surface area contributed by atoms with E-state index in [1.807, 2.05) is 12.1 Å². The third-order valence-electron chi connectivity index (χ3n) is 4.32. The first-order chi connectivity index (χ1) is 12.4. The molecule has 0 aliphatic carbocycles. The molecular formula is C21H22N2O3. The number of carbonyl (C=O) groups excluding carboxylic acids is 1. The fourth-order valence-corrected chi connectivity index (χ4v) is 2.80. The maximum atomic E-state index is 12.1. The largest absolute Gasteiger partial charge is 0.490 e. The van der Waals surface area contributed by atoms with Crippen LogP contribution in [0.1, 0.15) is 31.9 Å². The molecule has 2 aromatic rings. The maximum absolute atomic E-state index is 12.1. The van der Waals surface area contributed by atoms with E-state index in [9.17, 15) is 4.79 Å². The molecule has 5 nitrogen and oxygen atoms in total. The van der Waals surface area contributed by atoms with Gasteiger partial charge in [-0.25, -0.2) is 4.79 Å². The molecule has 134 valence electrons. The second-order valence-corrected chi connectivity index (χ2v) is 7.36. The molecule has 1 aliphatic heterocycles. The molecule has 0 N–H and O–H groups in total. The normalized spacial score (nSPS) is 16.9. The summed E-state index contributed by atoms with van der Waals surface area (Å²) in [7, 11) is 0. The summed E-state index contributed by atoms with van der Waals surface area (Å²) in [6.07, 6.45) is -0.771. The number of hydrogen-bond acceptors (Lipinski definition) is 4. The lowest BCUT2D eigenvalue weighted by Gasteiger charge is -2.19. The van der Waals surface area contributed by atoms with Gasteiger partial charge in [-0.2, -0.15) is 5.26 Å². The molecule has 1 atom stereocenters. The van der Waals surface area contributed by atoms with Gasteiger partial charge in [0.25, 0.3) is 0 Å². The topological polar surface area (TPSA) is 62.6 Å². The molecular weight excluding hydrogens is 328 g/mol. The highest BCUT2D eigenvalue weighted by Crippen LogP contribution is 2.26. The van der Waals surface area contributed by atoms with Crippen LogP contribution < -0.4 is 9.64 Å². The number of benzene rings is 2. The van der Waals surface area contributed by atoms with Gasteiger partial charge in [-0.3, -0.25) is 4.90 Å². The summed E-state index contributed by atoms with van der Waals surface area (Å²) >= 11 is 0. The molecule has 1 saturated heterocycles. The van der Waals surface area contributed by atoms with Gasteiger partial charge in [-0.05, 0) is 41.3 Å². The van der Waals surface area contributed by atoms with E-state index in [1.165, 1.54) is 10.5 Å². The van der Waals surface area contributed by atoms with Crippen molar-refractivity contribution >= 4 is 11.8 Å². The van der Waals surface area contributed by atoms with Crippen molar-refractivity contribution in [2.24, 2.45) is 0 Å². The fourth-order valence-electron chi connectivity index (χ4n) is 2.80. The summed E-state index contributed by atoms with van der Waals surface area (Å²) in [5.74, 6) is 0.749. The van der Waals surface area contributed by atoms with Crippen molar-refractivity contribution < 1.29 is 14.3 Å². The number of rotatable bonds is 4. The van der Waals surface area contributed by atoms with Crippen molar-refractivity contribution in [1.82, 2.24) is 0 Å². The average Bonchev–Trinajstić information content (AvgIpc) is 3.00. The van der Waals surface area contributed by atoms with Crippen LogP contribution in [0.2, 0.25) is 0 Å². The highest BCUT2D eigenvalue weighted by molar-refractivity contribution is 5.89. The van der Waals surface area contributed by atoms with Gasteiger partial charge in [-0.15, -0.1) is 0 Å². The smallest absolute Gasteiger partial charge is 0.414 e. The first-order valence-corrected chi connectivity index (χ1v) is 8.58. The van der Waals surface area contributed by atoms with Crippen molar-refractivity contribution in [1.29, 1.82) is 5.26 Å². The first kappa shape index (κ1) is 17.8. The van der Waals surface area contributed by atoms with Gasteiger partial charge < -0.3 is 9.47 Å². The third-order valence-corrected chi connectivity index (χ3v) is 4.32. The van der Waals surface area contributed by atoms with E-state index >= 15 is 0 Å². The Morgan fingerprint density at radius 1 is 1.23 bits per heavy atom. The van der Waals surface area contributed by atoms with E-state index in [2.05, 4.69) is 39.0 Å². The molecule has 1 fully saturated rings. The Balaban J connectivity index is 1.60. The van der Waals surface area contributed by atoms with Crippen LogP contribution in [0.15, 0.2) is 48.5 Å². The van der Waals surface area contributed by atoms with Crippen LogP contribution in [0.3, 0.4) is 0 Å². The van der Waals surface area contributed by atoms with Gasteiger partial charge in [0.1, 0.15) is 12.4 Å². The molecule has 1 aliphatic rings. The number of ether oxygens (including phenoxy) is 2. The Morgan fingerprint density at radius 2 is 1.96 bits per heavy atom. The van der Waals surface area contributed by atoms with Crippen LogP contribution >= 0.6 is 0 Å². The molecule has 0 radical (unpaired) electrons. The zero-order chi connectivity index (χ0) is 18.7. The van der Waals surface area contributed by atoms with Crippen molar-refractivity contribution in [3.8, 4) is 11.8 Å². The molecule has 2 aromatic carbocycles. The minimum Gasteiger partial charge on any atom is -0.490 e. The number of nitrogens with zero attached hydrogens (tertiary/aromatic N) is 2. The standard InChI is InChI=1S/C21H22N2O3/c1-21(2,3)16-7-9-18(10-8-16)25-14-19-13-23(20(24)26-19)17-6-4-5-15(11-17)12-22/h4-11,19H,13-14H2,1-3H3/t19-/m1/s1. The van der Waals surface area contributed by atoms with Crippen molar-refractivity contribution in [2.75, 3.05) is 18.1 Å². The first-order valence-electron chi connectivity index (χ1n) is 8.58. The van der Waals surface area contributed by atoms with Crippen LogP contribution in [0.4, 0.5) is 10.5 Å². The SMILES string of the molecule is CC(C)(C)c1ccc(OC[C@H]2CN(c3cccc(C#N)c3)C(=O)O2)cc1. The second-order valence-electron chi connectivity index (χ2n) is 7.36. The molecule has 1 amide bonds. The van der Waals surface area contributed by atoms with Gasteiger partial charge in [0.15, 0.2) is 6.10 Å². The lowest BCUT2D eigenvalue weighted by atomic mass is 9.87. The summed E-state index contributed by atoms with van der Waals surface area (Å²) in [4.78, 5) is 13.6.